The van der Waals surface area contributed by atoms with Crippen LogP contribution in [-0.2, 0) is 26.2 Å². The molecule has 0 bridgehead atoms. The highest BCUT2D eigenvalue weighted by atomic mass is 19.3. The number of amides is 3. The molecule has 316 valence electrons. The summed E-state index contributed by atoms with van der Waals surface area (Å²) in [5.74, 6) is -2.24. The third-order valence-corrected chi connectivity index (χ3v) is 9.27. The van der Waals surface area contributed by atoms with Gasteiger partial charge in [-0.3, -0.25) is 29.1 Å². The van der Waals surface area contributed by atoms with Gasteiger partial charge in [0, 0.05) is 37.1 Å². The molecular weight excluding hydrogens is 788 g/mol. The van der Waals surface area contributed by atoms with E-state index in [-0.39, 0.29) is 91.1 Å². The number of allylic oxidation sites excluding steroid dienone is 2. The van der Waals surface area contributed by atoms with Crippen LogP contribution in [0.3, 0.4) is 0 Å². The summed E-state index contributed by atoms with van der Waals surface area (Å²) >= 11 is 0. The lowest BCUT2D eigenvalue weighted by molar-refractivity contribution is 0.0981. The summed E-state index contributed by atoms with van der Waals surface area (Å²) in [6.07, 6.45) is 1.03. The number of nitrogen functional groups attached to an aromatic ring is 1. The summed E-state index contributed by atoms with van der Waals surface area (Å²) in [5, 5.41) is 21.1. The molecule has 6 aromatic rings. The van der Waals surface area contributed by atoms with Crippen molar-refractivity contribution in [3.63, 3.8) is 0 Å². The predicted octanol–water partition coefficient (Wildman–Crippen LogP) is 4.91. The normalized spacial score (nSPS) is 11.7. The number of aliphatic hydroxyl groups is 1. The number of ether oxygens (including phenoxy) is 1. The molecule has 0 unspecified atom stereocenters. The molecule has 2 aromatic carbocycles. The van der Waals surface area contributed by atoms with Gasteiger partial charge in [0.05, 0.1) is 59.2 Å². The second kappa shape index (κ2) is 17.8. The van der Waals surface area contributed by atoms with Crippen LogP contribution in [0.4, 0.5) is 30.5 Å². The number of rotatable bonds is 19. The highest BCUT2D eigenvalue weighted by Gasteiger charge is 2.25. The van der Waals surface area contributed by atoms with E-state index in [9.17, 15) is 32.7 Å². The SMILES string of the molecule is C=C(F)Cn1nc(C)cc1CN(C/C=C/Cn1c(NC(=O)c2cc(C)nn2CC(F)F)nc2cc(C(N)=O)cc(OCCCO)c21)c1c(N)cc(C(N)=O)c2oc(C)cc12. The molecule has 0 fully saturated rings. The van der Waals surface area contributed by atoms with Crippen LogP contribution in [0, 0.1) is 20.8 Å². The molecule has 0 saturated heterocycles. The first kappa shape index (κ1) is 42.5. The van der Waals surface area contributed by atoms with Gasteiger partial charge in [-0.15, -0.1) is 0 Å². The molecule has 4 heterocycles. The number of nitrogens with zero attached hydrogens (tertiary/aromatic N) is 7. The molecule has 3 amide bonds. The number of fused-ring (bicyclic) bond motifs is 2. The number of primary amides is 2. The van der Waals surface area contributed by atoms with Gasteiger partial charge >= 0.3 is 0 Å². The van der Waals surface area contributed by atoms with Crippen molar-refractivity contribution in [2.45, 2.75) is 59.8 Å². The van der Waals surface area contributed by atoms with E-state index in [4.69, 9.17) is 26.4 Å². The lowest BCUT2D eigenvalue weighted by Crippen LogP contribution is -2.26. The fraction of sp³-hybridized carbons (Fsp3) is 0.300. The summed E-state index contributed by atoms with van der Waals surface area (Å²) in [6, 6.07) is 9.18. The van der Waals surface area contributed by atoms with E-state index in [0.717, 1.165) is 4.68 Å². The Balaban J connectivity index is 1.43. The standard InChI is InChI=1S/C40H44F3N11O6/c1-21(41)18-53-26(12-22(2)49-53)19-51(34-27-14-24(4)60-36(27)28(38(46)57)17-29(34)44)8-5-6-9-52-35-30(15-25(37(45)56)16-32(35)59-11-7-10-55)47-40(52)48-39(58)31-13-23(3)50-54(31)20-33(42)43/h5-6,12-17,33,55H,1,7-11,18-20,44H2,2-4H3,(H2,45,56)(H2,46,57)(H,47,48,58)/b6-5+. The molecule has 0 aliphatic rings. The highest BCUT2D eigenvalue weighted by molar-refractivity contribution is 6.11. The van der Waals surface area contributed by atoms with E-state index in [0.29, 0.717) is 39.4 Å². The van der Waals surface area contributed by atoms with Crippen molar-refractivity contribution in [3.8, 4) is 5.75 Å². The summed E-state index contributed by atoms with van der Waals surface area (Å²) < 4.78 is 56.8. The van der Waals surface area contributed by atoms with E-state index < -0.39 is 36.5 Å². The number of halogens is 3. The zero-order chi connectivity index (χ0) is 43.4. The molecule has 4 aromatic heterocycles. The fourth-order valence-electron chi connectivity index (χ4n) is 6.87. The van der Waals surface area contributed by atoms with Gasteiger partial charge < -0.3 is 40.9 Å². The molecule has 0 spiro atoms. The van der Waals surface area contributed by atoms with Crippen LogP contribution >= 0.6 is 0 Å². The van der Waals surface area contributed by atoms with Gasteiger partial charge in [0.1, 0.15) is 40.7 Å². The minimum Gasteiger partial charge on any atom is -0.491 e. The zero-order valence-electron chi connectivity index (χ0n) is 33.0. The van der Waals surface area contributed by atoms with E-state index in [2.05, 4.69) is 27.1 Å². The first-order chi connectivity index (χ1) is 28.5. The Hall–Kier alpha value is -7.09. The van der Waals surface area contributed by atoms with Crippen molar-refractivity contribution in [1.29, 1.82) is 0 Å². The number of alkyl halides is 2. The number of aliphatic hydroxyl groups excluding tert-OH is 1. The van der Waals surface area contributed by atoms with E-state index in [1.807, 2.05) is 4.90 Å². The number of furan rings is 1. The van der Waals surface area contributed by atoms with Crippen molar-refractivity contribution >= 4 is 57.0 Å². The number of hydrogen-bond donors (Lipinski definition) is 5. The van der Waals surface area contributed by atoms with Gasteiger partial charge in [-0.2, -0.15) is 10.2 Å². The van der Waals surface area contributed by atoms with Crippen LogP contribution in [0.5, 0.6) is 5.75 Å². The minimum atomic E-state index is -2.78. The Morgan fingerprint density at radius 1 is 1.03 bits per heavy atom. The summed E-state index contributed by atoms with van der Waals surface area (Å²) in [6.45, 7) is 7.65. The van der Waals surface area contributed by atoms with Crippen LogP contribution in [0.15, 0.2) is 65.4 Å². The van der Waals surface area contributed by atoms with Crippen LogP contribution in [0.25, 0.3) is 22.0 Å². The molecule has 0 aliphatic carbocycles. The lowest BCUT2D eigenvalue weighted by Gasteiger charge is -2.26. The lowest BCUT2D eigenvalue weighted by atomic mass is 10.1. The number of nitrogens with one attached hydrogen (secondary N) is 1. The van der Waals surface area contributed by atoms with Gasteiger partial charge in [0.2, 0.25) is 11.9 Å². The maximum Gasteiger partial charge on any atom is 0.276 e. The number of carbonyl (C=O) groups excluding carboxylic acids is 3. The second-order valence-electron chi connectivity index (χ2n) is 14.0. The van der Waals surface area contributed by atoms with Crippen molar-refractivity contribution < 1.29 is 41.8 Å². The Morgan fingerprint density at radius 2 is 1.77 bits per heavy atom. The molecular formula is C40H44F3N11O6. The molecule has 17 nitrogen and oxygen atoms in total. The van der Waals surface area contributed by atoms with Crippen molar-refractivity contribution in [3.05, 3.63) is 101 Å². The average molecular weight is 832 g/mol. The Labute approximate surface area is 340 Å². The highest BCUT2D eigenvalue weighted by Crippen LogP contribution is 2.38. The first-order valence-corrected chi connectivity index (χ1v) is 18.6. The Bertz CT molecular complexity index is 2640. The van der Waals surface area contributed by atoms with Crippen LogP contribution < -0.4 is 32.2 Å². The van der Waals surface area contributed by atoms with Gasteiger partial charge in [-0.25, -0.2) is 18.2 Å². The molecule has 0 aliphatic heterocycles. The topological polar surface area (TPSA) is 241 Å². The molecule has 60 heavy (non-hydrogen) atoms. The van der Waals surface area contributed by atoms with Gasteiger partial charge in [-0.05, 0) is 57.2 Å². The maximum absolute atomic E-state index is 14.1. The predicted molar refractivity (Wildman–Crippen MR) is 218 cm³/mol. The summed E-state index contributed by atoms with van der Waals surface area (Å²) in [5.41, 5.74) is 21.1. The Morgan fingerprint density at radius 3 is 2.45 bits per heavy atom. The van der Waals surface area contributed by atoms with E-state index in [1.165, 1.54) is 28.9 Å². The molecule has 8 N–H and O–H groups in total. The molecule has 20 heteroatoms. The maximum atomic E-state index is 14.1. The number of aryl methyl sites for hydroxylation is 3. The Kier molecular flexibility index (Phi) is 12.6. The summed E-state index contributed by atoms with van der Waals surface area (Å²) in [7, 11) is 0. The van der Waals surface area contributed by atoms with E-state index >= 15 is 0 Å². The third-order valence-electron chi connectivity index (χ3n) is 9.27. The number of carbonyl (C=O) groups is 3. The number of hydrogen-bond acceptors (Lipinski definition) is 11. The number of imidazole rings is 1. The van der Waals surface area contributed by atoms with Crippen molar-refractivity contribution in [2.24, 2.45) is 11.5 Å². The smallest absolute Gasteiger partial charge is 0.276 e. The fourth-order valence-corrected chi connectivity index (χ4v) is 6.87. The van der Waals surface area contributed by atoms with Gasteiger partial charge in [-0.1, -0.05) is 18.7 Å². The second-order valence-corrected chi connectivity index (χ2v) is 14.0. The largest absolute Gasteiger partial charge is 0.491 e. The number of aromatic nitrogens is 6. The third kappa shape index (κ3) is 9.28. The van der Waals surface area contributed by atoms with E-state index in [1.54, 1.807) is 49.6 Å². The van der Waals surface area contributed by atoms with Gasteiger partial charge in [0.25, 0.3) is 18.2 Å². The number of nitrogens with two attached hydrogens (primary N) is 3. The minimum absolute atomic E-state index is 0.0244. The number of benzene rings is 2. The van der Waals surface area contributed by atoms with Crippen LogP contribution in [0.1, 0.15) is 60.5 Å². The van der Waals surface area contributed by atoms with Crippen molar-refractivity contribution in [1.82, 2.24) is 29.1 Å². The first-order valence-electron chi connectivity index (χ1n) is 18.6. The summed E-state index contributed by atoms with van der Waals surface area (Å²) in [4.78, 5) is 44.9. The monoisotopic (exact) mass is 831 g/mol. The van der Waals surface area contributed by atoms with Gasteiger partial charge in [0.15, 0.2) is 0 Å². The molecule has 6 rings (SSSR count). The molecule has 0 radical (unpaired) electrons. The van der Waals surface area contributed by atoms with Crippen LogP contribution in [-0.4, -0.2) is 78.1 Å². The quantitative estimate of drug-likeness (QED) is 0.0418. The molecule has 0 atom stereocenters. The number of anilines is 3. The molecule has 0 saturated carbocycles. The van der Waals surface area contributed by atoms with Crippen LogP contribution in [0.2, 0.25) is 0 Å². The van der Waals surface area contributed by atoms with Crippen molar-refractivity contribution in [2.75, 3.05) is 35.7 Å². The zero-order valence-corrected chi connectivity index (χ0v) is 33.0. The average Bonchev–Trinajstić information content (AvgIpc) is 3.92.